The summed E-state index contributed by atoms with van der Waals surface area (Å²) in [6.07, 6.45) is -0.786. The maximum Gasteiger partial charge on any atom is 0.125 e. The van der Waals surface area contributed by atoms with Crippen molar-refractivity contribution in [2.75, 3.05) is 33.0 Å². The molecule has 4 unspecified atom stereocenters. The minimum absolute atomic E-state index is 0.120. The first kappa shape index (κ1) is 35.9. The first-order valence-electron chi connectivity index (χ1n) is 17.7. The first-order chi connectivity index (χ1) is 23.8. The van der Waals surface area contributed by atoms with Crippen LogP contribution in [0.3, 0.4) is 0 Å². The van der Waals surface area contributed by atoms with Crippen LogP contribution in [0.2, 0.25) is 0 Å². The average Bonchev–Trinajstić information content (AvgIpc) is 4.06. The van der Waals surface area contributed by atoms with E-state index in [9.17, 15) is 5.11 Å². The summed E-state index contributed by atoms with van der Waals surface area (Å²) < 4.78 is 34.5. The third kappa shape index (κ3) is 8.88. The minimum atomic E-state index is -0.807. The van der Waals surface area contributed by atoms with Gasteiger partial charge >= 0.3 is 0 Å². The van der Waals surface area contributed by atoms with Crippen LogP contribution in [0.15, 0.2) is 97.1 Å². The number of hydrogen-bond acceptors (Lipinski definition) is 7. The highest BCUT2D eigenvalue weighted by molar-refractivity contribution is 5.43. The van der Waals surface area contributed by atoms with Crippen LogP contribution in [0.1, 0.15) is 76.3 Å². The first-order valence-corrected chi connectivity index (χ1v) is 17.7. The van der Waals surface area contributed by atoms with E-state index in [0.717, 1.165) is 24.5 Å². The van der Waals surface area contributed by atoms with Crippen LogP contribution in [0, 0.1) is 0 Å². The number of aliphatic hydroxyl groups excluding tert-OH is 1. The van der Waals surface area contributed by atoms with Gasteiger partial charge in [-0.1, -0.05) is 88.4 Å². The Bertz CT molecular complexity index is 1670. The third-order valence-electron chi connectivity index (χ3n) is 10.2. The molecule has 2 aliphatic rings. The summed E-state index contributed by atoms with van der Waals surface area (Å²) >= 11 is 0. The van der Waals surface area contributed by atoms with Crippen molar-refractivity contribution in [1.82, 2.24) is 0 Å². The molecule has 0 amide bonds. The molecule has 1 N–H and O–H groups in total. The number of benzene rings is 4. The van der Waals surface area contributed by atoms with Gasteiger partial charge in [0.25, 0.3) is 0 Å². The zero-order chi connectivity index (χ0) is 35.5. The van der Waals surface area contributed by atoms with Crippen LogP contribution < -0.4 is 14.2 Å². The van der Waals surface area contributed by atoms with Gasteiger partial charge in [0.1, 0.15) is 54.9 Å². The molecule has 7 heteroatoms. The Morgan fingerprint density at radius 1 is 0.580 bits per heavy atom. The van der Waals surface area contributed by atoms with E-state index in [1.807, 2.05) is 43.3 Å². The number of rotatable bonds is 17. The molecular formula is C43H52O7. The maximum atomic E-state index is 10.9. The molecule has 0 aromatic heterocycles. The van der Waals surface area contributed by atoms with Gasteiger partial charge in [-0.3, -0.25) is 0 Å². The van der Waals surface area contributed by atoms with Crippen molar-refractivity contribution in [3.63, 3.8) is 0 Å². The zero-order valence-corrected chi connectivity index (χ0v) is 30.5. The quantitative estimate of drug-likeness (QED) is 0.113. The van der Waals surface area contributed by atoms with Crippen molar-refractivity contribution in [3.8, 4) is 17.2 Å². The minimum Gasteiger partial charge on any atom is -0.491 e. The molecule has 0 spiro atoms. The van der Waals surface area contributed by atoms with Crippen LogP contribution >= 0.6 is 0 Å². The molecular weight excluding hydrogens is 628 g/mol. The molecule has 2 saturated heterocycles. The standard InChI is InChI=1S/C43H52O7/c1-29(50-37-22-16-33(17-23-37)42(4,5)32-12-18-35(19-13-32)45-24-38-25-46-38)40(44)28-48-36-20-14-31(15-21-36)41(2,3)30-8-10-34(11-9-30)43(6,7)49-27-39-26-47-39/h8-23,29,38-40,44H,24-28H2,1-7H3. The fourth-order valence-corrected chi connectivity index (χ4v) is 6.02. The van der Waals surface area contributed by atoms with E-state index < -0.39 is 12.2 Å². The van der Waals surface area contributed by atoms with E-state index in [-0.39, 0.29) is 35.2 Å². The van der Waals surface area contributed by atoms with Gasteiger partial charge in [0.2, 0.25) is 0 Å². The normalized spacial score (nSPS) is 18.6. The van der Waals surface area contributed by atoms with E-state index in [1.165, 1.54) is 22.3 Å². The van der Waals surface area contributed by atoms with Gasteiger partial charge in [0.15, 0.2) is 0 Å². The van der Waals surface area contributed by atoms with Gasteiger partial charge in [-0.25, -0.2) is 0 Å². The van der Waals surface area contributed by atoms with Crippen molar-refractivity contribution in [2.24, 2.45) is 0 Å². The van der Waals surface area contributed by atoms with Gasteiger partial charge < -0.3 is 33.5 Å². The van der Waals surface area contributed by atoms with Gasteiger partial charge in [0, 0.05) is 10.8 Å². The molecule has 4 aromatic carbocycles. The average molecular weight is 681 g/mol. The van der Waals surface area contributed by atoms with Crippen LogP contribution in [0.5, 0.6) is 17.2 Å². The van der Waals surface area contributed by atoms with E-state index in [1.54, 1.807) is 0 Å². The molecule has 0 saturated carbocycles. The van der Waals surface area contributed by atoms with Gasteiger partial charge in [-0.05, 0) is 85.0 Å². The summed E-state index contributed by atoms with van der Waals surface area (Å²) in [5.41, 5.74) is 5.10. The molecule has 7 nitrogen and oxygen atoms in total. The highest BCUT2D eigenvalue weighted by atomic mass is 16.6. The van der Waals surface area contributed by atoms with E-state index in [2.05, 4.69) is 102 Å². The zero-order valence-electron chi connectivity index (χ0n) is 30.5. The lowest BCUT2D eigenvalue weighted by molar-refractivity contribution is -0.0285. The Kier molecular flexibility index (Phi) is 10.6. The summed E-state index contributed by atoms with van der Waals surface area (Å²) in [7, 11) is 0. The molecule has 4 atom stereocenters. The summed E-state index contributed by atoms with van der Waals surface area (Å²) in [6.45, 7) is 17.8. The Balaban J connectivity index is 0.981. The van der Waals surface area contributed by atoms with Crippen LogP contribution in [0.4, 0.5) is 0 Å². The fraction of sp³-hybridized carbons (Fsp3) is 0.442. The van der Waals surface area contributed by atoms with Crippen LogP contribution in [-0.4, -0.2) is 62.6 Å². The molecule has 2 fully saturated rings. The number of ether oxygens (including phenoxy) is 6. The SMILES string of the molecule is CC(Oc1ccc(C(C)(C)c2ccc(OCC3CO3)cc2)cc1)C(O)COc1ccc(C(C)(C)c2ccc(C(C)(C)OCC3CO3)cc2)cc1. The van der Waals surface area contributed by atoms with E-state index in [4.69, 9.17) is 28.4 Å². The van der Waals surface area contributed by atoms with E-state index in [0.29, 0.717) is 24.7 Å². The van der Waals surface area contributed by atoms with Gasteiger partial charge in [-0.2, -0.15) is 0 Å². The summed E-state index contributed by atoms with van der Waals surface area (Å²) in [5.74, 6) is 2.25. The van der Waals surface area contributed by atoms with Crippen molar-refractivity contribution in [2.45, 2.75) is 89.3 Å². The highest BCUT2D eigenvalue weighted by Crippen LogP contribution is 2.36. The topological polar surface area (TPSA) is 82.2 Å². The fourth-order valence-electron chi connectivity index (χ4n) is 6.02. The Hall–Kier alpha value is -3.88. The Morgan fingerprint density at radius 2 is 0.960 bits per heavy atom. The summed E-state index contributed by atoms with van der Waals surface area (Å²) in [4.78, 5) is 0. The number of epoxide rings is 2. The van der Waals surface area contributed by atoms with Gasteiger partial charge in [0.05, 0.1) is 25.4 Å². The summed E-state index contributed by atoms with van der Waals surface area (Å²) in [6, 6.07) is 33.1. The number of aliphatic hydroxyl groups is 1. The lowest BCUT2D eigenvalue weighted by Crippen LogP contribution is -2.34. The second-order valence-corrected chi connectivity index (χ2v) is 15.1. The Labute approximate surface area is 297 Å². The molecule has 266 valence electrons. The molecule has 2 aliphatic heterocycles. The smallest absolute Gasteiger partial charge is 0.125 e. The van der Waals surface area contributed by atoms with Crippen molar-refractivity contribution < 1.29 is 33.5 Å². The van der Waals surface area contributed by atoms with Crippen molar-refractivity contribution in [3.05, 3.63) is 125 Å². The van der Waals surface area contributed by atoms with Crippen molar-refractivity contribution in [1.29, 1.82) is 0 Å². The summed E-state index contributed by atoms with van der Waals surface area (Å²) in [5, 5.41) is 10.9. The van der Waals surface area contributed by atoms with Crippen LogP contribution in [-0.2, 0) is 30.6 Å². The predicted octanol–water partition coefficient (Wildman–Crippen LogP) is 7.97. The highest BCUT2D eigenvalue weighted by Gasteiger charge is 2.30. The van der Waals surface area contributed by atoms with E-state index >= 15 is 0 Å². The van der Waals surface area contributed by atoms with Crippen molar-refractivity contribution >= 4 is 0 Å². The molecule has 50 heavy (non-hydrogen) atoms. The second-order valence-electron chi connectivity index (χ2n) is 15.1. The molecule has 0 bridgehead atoms. The lowest BCUT2D eigenvalue weighted by atomic mass is 9.77. The molecule has 4 aromatic rings. The third-order valence-corrected chi connectivity index (χ3v) is 10.2. The molecule has 2 heterocycles. The number of hydrogen-bond donors (Lipinski definition) is 1. The predicted molar refractivity (Wildman–Crippen MR) is 196 cm³/mol. The second kappa shape index (κ2) is 14.8. The van der Waals surface area contributed by atoms with Crippen LogP contribution in [0.25, 0.3) is 0 Å². The molecule has 0 radical (unpaired) electrons. The molecule has 6 rings (SSSR count). The lowest BCUT2D eigenvalue weighted by Gasteiger charge is -2.29. The maximum absolute atomic E-state index is 10.9. The largest absolute Gasteiger partial charge is 0.491 e. The monoisotopic (exact) mass is 680 g/mol. The molecule has 0 aliphatic carbocycles. The van der Waals surface area contributed by atoms with Gasteiger partial charge in [-0.15, -0.1) is 0 Å². The Morgan fingerprint density at radius 3 is 1.42 bits per heavy atom.